The van der Waals surface area contributed by atoms with Crippen molar-refractivity contribution >= 4 is 0 Å². The van der Waals surface area contributed by atoms with E-state index in [4.69, 9.17) is 4.52 Å². The Morgan fingerprint density at radius 2 is 2.35 bits per heavy atom. The Morgan fingerprint density at radius 1 is 1.47 bits per heavy atom. The molecule has 0 amide bonds. The fourth-order valence-electron chi connectivity index (χ4n) is 2.08. The number of likely N-dealkylation sites (tertiary alicyclic amines) is 1. The summed E-state index contributed by atoms with van der Waals surface area (Å²) in [6, 6.07) is 4.06. The zero-order valence-electron chi connectivity index (χ0n) is 9.71. The molecule has 5 heteroatoms. The van der Waals surface area contributed by atoms with Crippen molar-refractivity contribution < 1.29 is 4.52 Å². The van der Waals surface area contributed by atoms with Crippen LogP contribution in [0.2, 0.25) is 0 Å². The first-order valence-electron chi connectivity index (χ1n) is 5.73. The molecule has 5 nitrogen and oxygen atoms in total. The second-order valence-corrected chi connectivity index (χ2v) is 4.43. The molecule has 0 aliphatic carbocycles. The van der Waals surface area contributed by atoms with Gasteiger partial charge in [-0.3, -0.25) is 9.88 Å². The molecule has 0 spiro atoms. The molecule has 88 valence electrons. The third-order valence-electron chi connectivity index (χ3n) is 2.98. The molecule has 1 fully saturated rings. The van der Waals surface area contributed by atoms with Gasteiger partial charge in [0.15, 0.2) is 5.82 Å². The van der Waals surface area contributed by atoms with Gasteiger partial charge in [-0.1, -0.05) is 11.2 Å². The summed E-state index contributed by atoms with van der Waals surface area (Å²) in [5.74, 6) is 1.88. The van der Waals surface area contributed by atoms with Gasteiger partial charge >= 0.3 is 0 Å². The highest BCUT2D eigenvalue weighted by Gasteiger charge is 2.32. The SMILES string of the molecule is Cc1noc(C2CN(Cc3cccnc3)C2)n1. The predicted octanol–water partition coefficient (Wildman–Crippen LogP) is 1.37. The van der Waals surface area contributed by atoms with E-state index in [2.05, 4.69) is 26.1 Å². The van der Waals surface area contributed by atoms with Crippen LogP contribution in [0.15, 0.2) is 29.0 Å². The standard InChI is InChI=1S/C12H14N4O/c1-9-14-12(17-15-9)11-7-16(8-11)6-10-3-2-4-13-5-10/h2-5,11H,6-8H2,1H3. The number of aromatic nitrogens is 3. The smallest absolute Gasteiger partial charge is 0.232 e. The molecule has 2 aromatic heterocycles. The zero-order chi connectivity index (χ0) is 11.7. The van der Waals surface area contributed by atoms with Gasteiger partial charge in [0.05, 0.1) is 5.92 Å². The minimum atomic E-state index is 0.396. The highest BCUT2D eigenvalue weighted by molar-refractivity contribution is 5.10. The molecule has 1 aliphatic heterocycles. The molecule has 0 atom stereocenters. The van der Waals surface area contributed by atoms with E-state index in [-0.39, 0.29) is 0 Å². The molecule has 3 heterocycles. The van der Waals surface area contributed by atoms with Gasteiger partial charge in [-0.15, -0.1) is 0 Å². The van der Waals surface area contributed by atoms with Crippen LogP contribution in [-0.4, -0.2) is 33.1 Å². The summed E-state index contributed by atoms with van der Waals surface area (Å²) in [6.07, 6.45) is 3.70. The van der Waals surface area contributed by atoms with Gasteiger partial charge in [0.1, 0.15) is 0 Å². The van der Waals surface area contributed by atoms with E-state index in [0.29, 0.717) is 11.7 Å². The molecule has 0 bridgehead atoms. The first kappa shape index (κ1) is 10.4. The number of rotatable bonds is 3. The van der Waals surface area contributed by atoms with Crippen LogP contribution in [0.5, 0.6) is 0 Å². The normalized spacial score (nSPS) is 17.0. The van der Waals surface area contributed by atoms with E-state index >= 15 is 0 Å². The molecule has 1 saturated heterocycles. The summed E-state index contributed by atoms with van der Waals surface area (Å²) in [4.78, 5) is 10.7. The molecule has 0 aromatic carbocycles. The molecule has 3 rings (SSSR count). The van der Waals surface area contributed by atoms with E-state index in [1.807, 2.05) is 19.2 Å². The molecule has 2 aromatic rings. The van der Waals surface area contributed by atoms with Gasteiger partial charge in [-0.25, -0.2) is 0 Å². The zero-order valence-corrected chi connectivity index (χ0v) is 9.71. The third-order valence-corrected chi connectivity index (χ3v) is 2.98. The van der Waals surface area contributed by atoms with Crippen molar-refractivity contribution in [1.29, 1.82) is 0 Å². The van der Waals surface area contributed by atoms with E-state index in [1.165, 1.54) is 5.56 Å². The summed E-state index contributed by atoms with van der Waals surface area (Å²) in [5, 5.41) is 3.81. The Hall–Kier alpha value is -1.75. The van der Waals surface area contributed by atoms with Crippen molar-refractivity contribution in [1.82, 2.24) is 20.0 Å². The maximum atomic E-state index is 5.17. The maximum Gasteiger partial charge on any atom is 0.232 e. The van der Waals surface area contributed by atoms with Crippen LogP contribution in [0, 0.1) is 6.92 Å². The van der Waals surface area contributed by atoms with E-state index in [1.54, 1.807) is 6.20 Å². The van der Waals surface area contributed by atoms with Gasteiger partial charge in [-0.05, 0) is 18.6 Å². The first-order valence-corrected chi connectivity index (χ1v) is 5.73. The van der Waals surface area contributed by atoms with Crippen LogP contribution in [-0.2, 0) is 6.54 Å². The van der Waals surface area contributed by atoms with Crippen molar-refractivity contribution in [2.24, 2.45) is 0 Å². The Bertz CT molecular complexity index is 490. The van der Waals surface area contributed by atoms with Gasteiger partial charge in [-0.2, -0.15) is 4.98 Å². The molecule has 0 saturated carbocycles. The lowest BCUT2D eigenvalue weighted by atomic mass is 9.99. The Kier molecular flexibility index (Phi) is 2.60. The van der Waals surface area contributed by atoms with Crippen LogP contribution in [0.1, 0.15) is 23.2 Å². The van der Waals surface area contributed by atoms with Crippen LogP contribution in [0.3, 0.4) is 0 Å². The monoisotopic (exact) mass is 230 g/mol. The summed E-state index contributed by atoms with van der Waals surface area (Å²) in [5.41, 5.74) is 1.24. The number of hydrogen-bond acceptors (Lipinski definition) is 5. The lowest BCUT2D eigenvalue weighted by Crippen LogP contribution is -2.44. The highest BCUT2D eigenvalue weighted by atomic mass is 16.5. The van der Waals surface area contributed by atoms with Crippen molar-refractivity contribution in [3.8, 4) is 0 Å². The molecule has 0 radical (unpaired) electrons. The van der Waals surface area contributed by atoms with Gasteiger partial charge in [0.2, 0.25) is 5.89 Å². The van der Waals surface area contributed by atoms with Gasteiger partial charge < -0.3 is 4.52 Å². The van der Waals surface area contributed by atoms with Crippen LogP contribution in [0.4, 0.5) is 0 Å². The van der Waals surface area contributed by atoms with Crippen molar-refractivity contribution in [3.05, 3.63) is 41.8 Å². The minimum Gasteiger partial charge on any atom is -0.339 e. The second kappa shape index (κ2) is 4.25. The van der Waals surface area contributed by atoms with Gasteiger partial charge in [0, 0.05) is 32.0 Å². The quantitative estimate of drug-likeness (QED) is 0.797. The molecule has 0 N–H and O–H groups in total. The van der Waals surface area contributed by atoms with Gasteiger partial charge in [0.25, 0.3) is 0 Å². The fourth-order valence-corrected chi connectivity index (χ4v) is 2.08. The Labute approximate surface area is 99.5 Å². The number of hydrogen-bond donors (Lipinski definition) is 0. The summed E-state index contributed by atoms with van der Waals surface area (Å²) >= 11 is 0. The maximum absolute atomic E-state index is 5.17. The molecule has 0 unspecified atom stereocenters. The van der Waals surface area contributed by atoms with E-state index in [0.717, 1.165) is 25.5 Å². The summed E-state index contributed by atoms with van der Waals surface area (Å²) in [7, 11) is 0. The topological polar surface area (TPSA) is 55.1 Å². The second-order valence-electron chi connectivity index (χ2n) is 4.43. The molecular formula is C12H14N4O. The van der Waals surface area contributed by atoms with Crippen LogP contribution < -0.4 is 0 Å². The first-order chi connectivity index (χ1) is 8.31. The van der Waals surface area contributed by atoms with Crippen molar-refractivity contribution in [2.75, 3.05) is 13.1 Å². The summed E-state index contributed by atoms with van der Waals surface area (Å²) < 4.78 is 5.17. The lowest BCUT2D eigenvalue weighted by molar-refractivity contribution is 0.117. The number of nitrogens with zero attached hydrogens (tertiary/aromatic N) is 4. The average molecular weight is 230 g/mol. The van der Waals surface area contributed by atoms with E-state index in [9.17, 15) is 0 Å². The van der Waals surface area contributed by atoms with Crippen molar-refractivity contribution in [2.45, 2.75) is 19.4 Å². The summed E-state index contributed by atoms with van der Waals surface area (Å²) in [6.45, 7) is 4.75. The highest BCUT2D eigenvalue weighted by Crippen LogP contribution is 2.26. The Balaban J connectivity index is 1.55. The van der Waals surface area contributed by atoms with Crippen LogP contribution >= 0.6 is 0 Å². The number of aryl methyl sites for hydroxylation is 1. The van der Waals surface area contributed by atoms with Crippen molar-refractivity contribution in [3.63, 3.8) is 0 Å². The average Bonchev–Trinajstić information content (AvgIpc) is 2.71. The predicted molar refractivity (Wildman–Crippen MR) is 61.3 cm³/mol. The lowest BCUT2D eigenvalue weighted by Gasteiger charge is -2.36. The fraction of sp³-hybridized carbons (Fsp3) is 0.417. The largest absolute Gasteiger partial charge is 0.339 e. The number of pyridine rings is 1. The minimum absolute atomic E-state index is 0.396. The molecule has 17 heavy (non-hydrogen) atoms. The van der Waals surface area contributed by atoms with Crippen LogP contribution in [0.25, 0.3) is 0 Å². The third kappa shape index (κ3) is 2.19. The van der Waals surface area contributed by atoms with E-state index < -0.39 is 0 Å². The Morgan fingerprint density at radius 3 is 3.00 bits per heavy atom. The molecule has 1 aliphatic rings. The molecular weight excluding hydrogens is 216 g/mol.